The zero-order valence-electron chi connectivity index (χ0n) is 10.6. The molecule has 0 aliphatic heterocycles. The summed E-state index contributed by atoms with van der Waals surface area (Å²) in [6, 6.07) is 3.77. The first-order valence-electron chi connectivity index (χ1n) is 5.56. The van der Waals surface area contributed by atoms with Gasteiger partial charge in [-0.15, -0.1) is 0 Å². The van der Waals surface area contributed by atoms with E-state index in [4.69, 9.17) is 5.41 Å². The molecule has 0 spiro atoms. The minimum Gasteiger partial charge on any atom is -0.300 e. The van der Waals surface area contributed by atoms with Crippen LogP contribution in [0, 0.1) is 12.3 Å². The molecule has 2 heteroatoms. The lowest BCUT2D eigenvalue weighted by Crippen LogP contribution is -2.03. The fourth-order valence-corrected chi connectivity index (χ4v) is 1.52. The summed E-state index contributed by atoms with van der Waals surface area (Å²) in [4.78, 5) is 4.14. The maximum Gasteiger partial charge on any atom is 0.0685 e. The van der Waals surface area contributed by atoms with E-state index in [-0.39, 0.29) is 0 Å². The van der Waals surface area contributed by atoms with Crippen molar-refractivity contribution in [3.8, 4) is 0 Å². The van der Waals surface area contributed by atoms with Crippen LogP contribution < -0.4 is 0 Å². The second-order valence-corrected chi connectivity index (χ2v) is 4.01. The van der Waals surface area contributed by atoms with Crippen molar-refractivity contribution >= 4 is 5.71 Å². The van der Waals surface area contributed by atoms with Gasteiger partial charge < -0.3 is 0 Å². The van der Waals surface area contributed by atoms with Crippen molar-refractivity contribution in [1.29, 1.82) is 5.41 Å². The van der Waals surface area contributed by atoms with Crippen LogP contribution in [0.2, 0.25) is 0 Å². The zero-order valence-corrected chi connectivity index (χ0v) is 10.6. The predicted octanol–water partition coefficient (Wildman–Crippen LogP) is 3.84. The topological polar surface area (TPSA) is 36.7 Å². The Kier molecular flexibility index (Phi) is 4.58. The zero-order chi connectivity index (χ0) is 12.8. The van der Waals surface area contributed by atoms with E-state index in [1.807, 2.05) is 51.1 Å². The van der Waals surface area contributed by atoms with E-state index in [1.165, 1.54) is 0 Å². The average molecular weight is 226 g/mol. The van der Waals surface area contributed by atoms with Gasteiger partial charge in [-0.3, -0.25) is 10.4 Å². The number of pyridine rings is 1. The van der Waals surface area contributed by atoms with Crippen molar-refractivity contribution in [3.05, 3.63) is 65.5 Å². The molecule has 0 aliphatic rings. The third-order valence-corrected chi connectivity index (χ3v) is 2.22. The summed E-state index contributed by atoms with van der Waals surface area (Å²) in [5.41, 5.74) is 4.10. The number of rotatable bonds is 4. The number of nitrogens with one attached hydrogen (secondary N) is 1. The van der Waals surface area contributed by atoms with Gasteiger partial charge in [-0.05, 0) is 38.5 Å². The maximum absolute atomic E-state index is 8.19. The minimum atomic E-state index is 0.497. The van der Waals surface area contributed by atoms with E-state index in [1.54, 1.807) is 6.20 Å². The molecule has 1 rings (SSSR count). The van der Waals surface area contributed by atoms with Gasteiger partial charge in [0.05, 0.1) is 5.71 Å². The highest BCUT2D eigenvalue weighted by Gasteiger charge is 2.05. The molecule has 1 N–H and O–H groups in total. The minimum absolute atomic E-state index is 0.497. The Balaban J connectivity index is 3.13. The van der Waals surface area contributed by atoms with E-state index in [9.17, 15) is 0 Å². The third-order valence-electron chi connectivity index (χ3n) is 2.22. The van der Waals surface area contributed by atoms with Crippen molar-refractivity contribution in [2.45, 2.75) is 20.8 Å². The van der Waals surface area contributed by atoms with E-state index in [0.717, 1.165) is 22.4 Å². The summed E-state index contributed by atoms with van der Waals surface area (Å²) in [5.74, 6) is 0. The first-order chi connectivity index (χ1) is 8.04. The highest BCUT2D eigenvalue weighted by molar-refractivity contribution is 6.12. The summed E-state index contributed by atoms with van der Waals surface area (Å²) in [6.45, 7) is 9.64. The Bertz CT molecular complexity index is 493. The third kappa shape index (κ3) is 3.83. The quantitative estimate of drug-likeness (QED) is 0.614. The normalized spacial score (nSPS) is 11.8. The fraction of sp³-hybridized carbons (Fsp3) is 0.200. The highest BCUT2D eigenvalue weighted by atomic mass is 14.6. The molecule has 0 saturated carbocycles. The number of aryl methyl sites for hydroxylation is 1. The van der Waals surface area contributed by atoms with Gasteiger partial charge in [-0.2, -0.15) is 0 Å². The van der Waals surface area contributed by atoms with Crippen LogP contribution in [-0.4, -0.2) is 10.7 Å². The number of allylic oxidation sites excluding steroid dienone is 5. The van der Waals surface area contributed by atoms with Crippen LogP contribution in [0.5, 0.6) is 0 Å². The van der Waals surface area contributed by atoms with E-state index in [2.05, 4.69) is 11.6 Å². The highest BCUT2D eigenvalue weighted by Crippen LogP contribution is 2.12. The lowest BCUT2D eigenvalue weighted by atomic mass is 10.0. The lowest BCUT2D eigenvalue weighted by molar-refractivity contribution is 1.19. The van der Waals surface area contributed by atoms with Gasteiger partial charge in [0, 0.05) is 17.5 Å². The van der Waals surface area contributed by atoms with Crippen molar-refractivity contribution < 1.29 is 0 Å². The predicted molar refractivity (Wildman–Crippen MR) is 73.5 cm³/mol. The van der Waals surface area contributed by atoms with Crippen molar-refractivity contribution in [2.24, 2.45) is 0 Å². The Labute approximate surface area is 103 Å². The van der Waals surface area contributed by atoms with Crippen LogP contribution in [0.1, 0.15) is 25.1 Å². The van der Waals surface area contributed by atoms with Gasteiger partial charge in [0.15, 0.2) is 0 Å². The van der Waals surface area contributed by atoms with Gasteiger partial charge in [-0.1, -0.05) is 30.4 Å². The van der Waals surface area contributed by atoms with Crippen molar-refractivity contribution in [1.82, 2.24) is 4.98 Å². The summed E-state index contributed by atoms with van der Waals surface area (Å²) >= 11 is 0. The summed E-state index contributed by atoms with van der Waals surface area (Å²) < 4.78 is 0. The van der Waals surface area contributed by atoms with Crippen LogP contribution in [0.4, 0.5) is 0 Å². The van der Waals surface area contributed by atoms with E-state index < -0.39 is 0 Å². The summed E-state index contributed by atoms with van der Waals surface area (Å²) in [5, 5.41) is 8.19. The molecule has 0 amide bonds. The molecule has 1 aromatic heterocycles. The van der Waals surface area contributed by atoms with Crippen LogP contribution in [0.25, 0.3) is 0 Å². The molecule has 1 aromatic rings. The number of hydrogen-bond donors (Lipinski definition) is 1. The second kappa shape index (κ2) is 5.94. The molecular formula is C15H18N2. The molecule has 0 aromatic carbocycles. The molecular weight excluding hydrogens is 208 g/mol. The van der Waals surface area contributed by atoms with E-state index in [0.29, 0.717) is 5.71 Å². The summed E-state index contributed by atoms with van der Waals surface area (Å²) in [6.07, 6.45) is 7.50. The van der Waals surface area contributed by atoms with Gasteiger partial charge in [0.1, 0.15) is 0 Å². The van der Waals surface area contributed by atoms with Crippen molar-refractivity contribution in [3.63, 3.8) is 0 Å². The van der Waals surface area contributed by atoms with Crippen LogP contribution in [0.15, 0.2) is 54.3 Å². The molecule has 0 fully saturated rings. The monoisotopic (exact) mass is 226 g/mol. The number of nitrogens with zero attached hydrogens (tertiary/aromatic N) is 1. The molecule has 0 atom stereocenters. The molecule has 88 valence electrons. The van der Waals surface area contributed by atoms with Gasteiger partial charge in [0.25, 0.3) is 0 Å². The number of aromatic nitrogens is 1. The molecule has 17 heavy (non-hydrogen) atoms. The maximum atomic E-state index is 8.19. The van der Waals surface area contributed by atoms with Crippen LogP contribution >= 0.6 is 0 Å². The lowest BCUT2D eigenvalue weighted by Gasteiger charge is -2.06. The molecule has 0 saturated heterocycles. The van der Waals surface area contributed by atoms with Crippen LogP contribution in [-0.2, 0) is 0 Å². The van der Waals surface area contributed by atoms with Crippen LogP contribution in [0.3, 0.4) is 0 Å². The Morgan fingerprint density at radius 1 is 1.47 bits per heavy atom. The van der Waals surface area contributed by atoms with Gasteiger partial charge >= 0.3 is 0 Å². The standard InChI is InChI=1S/C15H18N2/c1-5-6-13(9-11(2)3)15(16)14-7-8-17-12(4)10-14/h5-10,16H,2H2,1,3-4H3/b6-5-,13-9+,16-15?. The first-order valence-corrected chi connectivity index (χ1v) is 5.56. The Morgan fingerprint density at radius 2 is 2.18 bits per heavy atom. The molecule has 1 heterocycles. The Morgan fingerprint density at radius 3 is 2.71 bits per heavy atom. The molecule has 0 radical (unpaired) electrons. The summed E-state index contributed by atoms with van der Waals surface area (Å²) in [7, 11) is 0. The Hall–Kier alpha value is -1.96. The van der Waals surface area contributed by atoms with Gasteiger partial charge in [-0.25, -0.2) is 0 Å². The number of hydrogen-bond acceptors (Lipinski definition) is 2. The first kappa shape index (κ1) is 13.1. The molecule has 0 bridgehead atoms. The molecule has 0 unspecified atom stereocenters. The average Bonchev–Trinajstić information content (AvgIpc) is 2.27. The SMILES string of the molecule is C=C(C)/C=C(\C=C/C)C(=N)c1ccnc(C)c1. The molecule has 0 aliphatic carbocycles. The largest absolute Gasteiger partial charge is 0.300 e. The molecule has 2 nitrogen and oxygen atoms in total. The fourth-order valence-electron chi connectivity index (χ4n) is 1.52. The van der Waals surface area contributed by atoms with Gasteiger partial charge in [0.2, 0.25) is 0 Å². The van der Waals surface area contributed by atoms with E-state index >= 15 is 0 Å². The second-order valence-electron chi connectivity index (χ2n) is 4.01. The van der Waals surface area contributed by atoms with Crippen molar-refractivity contribution in [2.75, 3.05) is 0 Å². The smallest absolute Gasteiger partial charge is 0.0685 e.